The van der Waals surface area contributed by atoms with Gasteiger partial charge in [-0.25, -0.2) is 19.7 Å². The highest BCUT2D eigenvalue weighted by molar-refractivity contribution is 6.32. The summed E-state index contributed by atoms with van der Waals surface area (Å²) in [7, 11) is 1.55. The van der Waals surface area contributed by atoms with Crippen LogP contribution in [0.25, 0.3) is 0 Å². The van der Waals surface area contributed by atoms with Crippen molar-refractivity contribution in [3.63, 3.8) is 0 Å². The first kappa shape index (κ1) is 22.4. The summed E-state index contributed by atoms with van der Waals surface area (Å²) in [5, 5.41) is 4.01. The molecule has 0 aliphatic carbocycles. The van der Waals surface area contributed by atoms with Gasteiger partial charge in [-0.15, -0.1) is 0 Å². The van der Waals surface area contributed by atoms with E-state index >= 15 is 0 Å². The quantitative estimate of drug-likeness (QED) is 0.740. The fourth-order valence-corrected chi connectivity index (χ4v) is 4.23. The number of likely N-dealkylation sites (tertiary alicyclic amines) is 1. The Hall–Kier alpha value is -2.81. The third-order valence-electron chi connectivity index (χ3n) is 5.53. The smallest absolute Gasteiger partial charge is 0.410 e. The average molecular weight is 461 g/mol. The Labute approximate surface area is 193 Å². The van der Waals surface area contributed by atoms with Gasteiger partial charge in [-0.3, -0.25) is 0 Å². The lowest BCUT2D eigenvalue weighted by molar-refractivity contribution is 0.0293. The van der Waals surface area contributed by atoms with Crippen LogP contribution in [0.5, 0.6) is 5.88 Å². The molecule has 4 rings (SSSR count). The van der Waals surface area contributed by atoms with Crippen LogP contribution in [0.15, 0.2) is 18.6 Å². The lowest BCUT2D eigenvalue weighted by Gasteiger charge is -2.31. The summed E-state index contributed by atoms with van der Waals surface area (Å²) < 4.78 is 10.7. The summed E-state index contributed by atoms with van der Waals surface area (Å²) in [5.74, 6) is 1.22. The number of carbonyl (C=O) groups excluding carboxylic acids is 1. The zero-order chi connectivity index (χ0) is 22.9. The molecule has 32 heavy (non-hydrogen) atoms. The van der Waals surface area contributed by atoms with Crippen LogP contribution in [0.4, 0.5) is 16.3 Å². The highest BCUT2D eigenvalue weighted by atomic mass is 35.5. The van der Waals surface area contributed by atoms with E-state index in [-0.39, 0.29) is 12.1 Å². The summed E-state index contributed by atoms with van der Waals surface area (Å²) >= 11 is 6.28. The SMILES string of the molecule is COc1ncc(N2CCc3ncnc(N[C@H]4CCN(C(=O)OC(C)(C)C)C4)c3C2)cc1Cl. The molecule has 0 bridgehead atoms. The minimum atomic E-state index is -0.503. The summed E-state index contributed by atoms with van der Waals surface area (Å²) in [6.45, 7) is 8.32. The number of pyridine rings is 1. The molecule has 0 spiro atoms. The van der Waals surface area contributed by atoms with Gasteiger partial charge in [-0.1, -0.05) is 11.6 Å². The number of carbonyl (C=O) groups is 1. The van der Waals surface area contributed by atoms with Crippen LogP contribution < -0.4 is 15.0 Å². The number of hydrogen-bond acceptors (Lipinski definition) is 8. The standard InChI is InChI=1S/C22H29ClN6O3/c1-22(2,3)32-21(30)29-7-5-14(11-29)27-19-16-12-28(8-6-18(16)25-13-26-19)15-9-17(23)20(31-4)24-10-15/h9-10,13-14H,5-8,11-12H2,1-4H3,(H,25,26,27)/t14-/m0/s1. The first-order valence-corrected chi connectivity index (χ1v) is 11.1. The van der Waals surface area contributed by atoms with Gasteiger partial charge < -0.3 is 24.6 Å². The van der Waals surface area contributed by atoms with Gasteiger partial charge in [0.2, 0.25) is 5.88 Å². The van der Waals surface area contributed by atoms with E-state index in [1.807, 2.05) is 26.8 Å². The molecule has 1 saturated heterocycles. The van der Waals surface area contributed by atoms with E-state index in [4.69, 9.17) is 21.1 Å². The first-order valence-electron chi connectivity index (χ1n) is 10.7. The van der Waals surface area contributed by atoms with Crippen molar-refractivity contribution in [2.75, 3.05) is 37.0 Å². The summed E-state index contributed by atoms with van der Waals surface area (Å²) in [5.41, 5.74) is 2.51. The van der Waals surface area contributed by atoms with Gasteiger partial charge in [-0.05, 0) is 33.3 Å². The molecule has 9 nitrogen and oxygen atoms in total. The Morgan fingerprint density at radius 1 is 1.25 bits per heavy atom. The van der Waals surface area contributed by atoms with E-state index in [1.165, 1.54) is 0 Å². The first-order chi connectivity index (χ1) is 15.2. The zero-order valence-corrected chi connectivity index (χ0v) is 19.6. The van der Waals surface area contributed by atoms with E-state index in [0.717, 1.165) is 42.1 Å². The highest BCUT2D eigenvalue weighted by Crippen LogP contribution is 2.31. The second-order valence-corrected chi connectivity index (χ2v) is 9.47. The molecule has 1 fully saturated rings. The van der Waals surface area contributed by atoms with Gasteiger partial charge in [0.25, 0.3) is 0 Å². The molecule has 0 unspecified atom stereocenters. The molecule has 10 heteroatoms. The molecule has 4 heterocycles. The third-order valence-corrected chi connectivity index (χ3v) is 5.81. The predicted octanol–water partition coefficient (Wildman–Crippen LogP) is 3.52. The predicted molar refractivity (Wildman–Crippen MR) is 122 cm³/mol. The Morgan fingerprint density at radius 3 is 2.78 bits per heavy atom. The lowest BCUT2D eigenvalue weighted by atomic mass is 10.1. The van der Waals surface area contributed by atoms with Crippen LogP contribution >= 0.6 is 11.6 Å². The Bertz CT molecular complexity index is 996. The maximum Gasteiger partial charge on any atom is 0.410 e. The molecule has 1 N–H and O–H groups in total. The number of amides is 1. The molecule has 1 atom stereocenters. The third kappa shape index (κ3) is 4.98. The van der Waals surface area contributed by atoms with Gasteiger partial charge in [0.15, 0.2) is 0 Å². The van der Waals surface area contributed by atoms with Crippen LogP contribution in [0.1, 0.15) is 38.4 Å². The number of methoxy groups -OCH3 is 1. The minimum absolute atomic E-state index is 0.106. The number of fused-ring (bicyclic) bond motifs is 1. The van der Waals surface area contributed by atoms with E-state index in [0.29, 0.717) is 30.5 Å². The van der Waals surface area contributed by atoms with Crippen LogP contribution in [-0.2, 0) is 17.7 Å². The van der Waals surface area contributed by atoms with Crippen LogP contribution in [0.2, 0.25) is 5.02 Å². The number of nitrogens with one attached hydrogen (secondary N) is 1. The molecule has 172 valence electrons. The van der Waals surface area contributed by atoms with Gasteiger partial charge in [-0.2, -0.15) is 0 Å². The molecule has 1 amide bonds. The normalized spacial score (nSPS) is 18.3. The van der Waals surface area contributed by atoms with Crippen molar-refractivity contribution in [3.8, 4) is 5.88 Å². The van der Waals surface area contributed by atoms with E-state index in [9.17, 15) is 4.79 Å². The topological polar surface area (TPSA) is 92.7 Å². The van der Waals surface area contributed by atoms with Gasteiger partial charge in [0.1, 0.15) is 22.8 Å². The monoisotopic (exact) mass is 460 g/mol. The number of nitrogens with zero attached hydrogens (tertiary/aromatic N) is 5. The summed E-state index contributed by atoms with van der Waals surface area (Å²) in [4.78, 5) is 29.6. The molecular formula is C22H29ClN6O3. The summed E-state index contributed by atoms with van der Waals surface area (Å²) in [6, 6.07) is 1.97. The fourth-order valence-electron chi connectivity index (χ4n) is 3.99. The minimum Gasteiger partial charge on any atom is -0.480 e. The van der Waals surface area contributed by atoms with E-state index < -0.39 is 5.60 Å². The van der Waals surface area contributed by atoms with Crippen molar-refractivity contribution in [2.24, 2.45) is 0 Å². The van der Waals surface area contributed by atoms with Crippen molar-refractivity contribution in [2.45, 2.75) is 51.8 Å². The number of anilines is 2. The van der Waals surface area contributed by atoms with Crippen molar-refractivity contribution >= 4 is 29.2 Å². The molecule has 0 saturated carbocycles. The van der Waals surface area contributed by atoms with Gasteiger partial charge in [0, 0.05) is 44.2 Å². The number of halogens is 1. The molecule has 2 aromatic rings. The van der Waals surface area contributed by atoms with Crippen LogP contribution in [0, 0.1) is 0 Å². The number of rotatable bonds is 4. The van der Waals surface area contributed by atoms with Gasteiger partial charge >= 0.3 is 6.09 Å². The second-order valence-electron chi connectivity index (χ2n) is 9.06. The Morgan fingerprint density at radius 2 is 2.06 bits per heavy atom. The van der Waals surface area contributed by atoms with E-state index in [2.05, 4.69) is 25.2 Å². The molecule has 2 aromatic heterocycles. The maximum absolute atomic E-state index is 12.4. The van der Waals surface area contributed by atoms with Crippen molar-refractivity contribution in [1.82, 2.24) is 19.9 Å². The zero-order valence-electron chi connectivity index (χ0n) is 18.9. The molecule has 0 radical (unpaired) electrons. The number of aromatic nitrogens is 3. The largest absolute Gasteiger partial charge is 0.480 e. The van der Waals surface area contributed by atoms with Crippen LogP contribution in [-0.4, -0.2) is 64.3 Å². The maximum atomic E-state index is 12.4. The lowest BCUT2D eigenvalue weighted by Crippen LogP contribution is -2.37. The molecular weight excluding hydrogens is 432 g/mol. The van der Waals surface area contributed by atoms with Crippen LogP contribution in [0.3, 0.4) is 0 Å². The molecule has 2 aliphatic rings. The van der Waals surface area contributed by atoms with Gasteiger partial charge in [0.05, 0.1) is 24.7 Å². The second kappa shape index (κ2) is 8.97. The Kier molecular flexibility index (Phi) is 6.28. The summed E-state index contributed by atoms with van der Waals surface area (Å²) in [6.07, 6.45) is 4.72. The molecule has 2 aliphatic heterocycles. The average Bonchev–Trinajstić information content (AvgIpc) is 3.21. The van der Waals surface area contributed by atoms with E-state index in [1.54, 1.807) is 24.5 Å². The number of hydrogen-bond donors (Lipinski definition) is 1. The van der Waals surface area contributed by atoms with Crippen molar-refractivity contribution in [3.05, 3.63) is 34.9 Å². The van der Waals surface area contributed by atoms with Crippen molar-refractivity contribution < 1.29 is 14.3 Å². The number of ether oxygens (including phenoxy) is 2. The van der Waals surface area contributed by atoms with Crippen molar-refractivity contribution in [1.29, 1.82) is 0 Å². The molecule has 0 aromatic carbocycles. The fraction of sp³-hybridized carbons (Fsp3) is 0.545. The highest BCUT2D eigenvalue weighted by Gasteiger charge is 2.31. The Balaban J connectivity index is 1.46.